The molecule has 0 radical (unpaired) electrons. The number of amides is 1. The van der Waals surface area contributed by atoms with Crippen molar-refractivity contribution in [1.82, 2.24) is 14.6 Å². The molecule has 0 aliphatic heterocycles. The van der Waals surface area contributed by atoms with E-state index in [1.165, 1.54) is 11.8 Å². The van der Waals surface area contributed by atoms with E-state index < -0.39 is 0 Å². The minimum Gasteiger partial charge on any atom is -0.460 e. The molecule has 3 aromatic heterocycles. The zero-order valence-corrected chi connectivity index (χ0v) is 16.9. The van der Waals surface area contributed by atoms with Crippen molar-refractivity contribution >= 4 is 40.0 Å². The number of para-hydroxylation sites is 1. The van der Waals surface area contributed by atoms with Crippen LogP contribution in [0.3, 0.4) is 0 Å². The molecular formula is C21H22N4O2S. The molecule has 7 heteroatoms. The first kappa shape index (κ1) is 18.6. The van der Waals surface area contributed by atoms with Crippen molar-refractivity contribution in [3.63, 3.8) is 0 Å². The minimum absolute atomic E-state index is 0.0247. The highest BCUT2D eigenvalue weighted by Crippen LogP contribution is 2.32. The van der Waals surface area contributed by atoms with Crippen LogP contribution in [0.15, 0.2) is 52.2 Å². The van der Waals surface area contributed by atoms with E-state index in [2.05, 4.69) is 22.4 Å². The molecule has 0 aliphatic rings. The van der Waals surface area contributed by atoms with Crippen molar-refractivity contribution < 1.29 is 9.21 Å². The average molecular weight is 395 g/mol. The van der Waals surface area contributed by atoms with Crippen LogP contribution in [0.25, 0.3) is 16.6 Å². The van der Waals surface area contributed by atoms with E-state index in [4.69, 9.17) is 4.42 Å². The highest BCUT2D eigenvalue weighted by Gasteiger charge is 2.22. The average Bonchev–Trinajstić information content (AvgIpc) is 3.23. The molecule has 0 spiro atoms. The quantitative estimate of drug-likeness (QED) is 0.473. The molecule has 0 aliphatic carbocycles. The Morgan fingerprint density at radius 3 is 2.86 bits per heavy atom. The van der Waals surface area contributed by atoms with E-state index >= 15 is 0 Å². The Morgan fingerprint density at radius 1 is 1.25 bits per heavy atom. The molecule has 6 nitrogen and oxygen atoms in total. The largest absolute Gasteiger partial charge is 0.460 e. The molecule has 4 aromatic rings. The first-order valence-electron chi connectivity index (χ1n) is 9.39. The highest BCUT2D eigenvalue weighted by molar-refractivity contribution is 8.00. The summed E-state index contributed by atoms with van der Waals surface area (Å²) >= 11 is 1.43. The zero-order valence-electron chi connectivity index (χ0n) is 16.1. The van der Waals surface area contributed by atoms with Gasteiger partial charge in [0.2, 0.25) is 5.91 Å². The Hall–Kier alpha value is -2.80. The van der Waals surface area contributed by atoms with E-state index in [1.807, 2.05) is 54.6 Å². The molecule has 0 bridgehead atoms. The first-order chi connectivity index (χ1) is 13.6. The number of thioether (sulfide) groups is 1. The summed E-state index contributed by atoms with van der Waals surface area (Å²) in [6.45, 7) is 6.00. The minimum atomic E-state index is -0.270. The molecule has 0 saturated heterocycles. The Kier molecular flexibility index (Phi) is 5.09. The van der Waals surface area contributed by atoms with Gasteiger partial charge in [0.05, 0.1) is 16.3 Å². The van der Waals surface area contributed by atoms with Gasteiger partial charge in [-0.2, -0.15) is 0 Å². The number of aromatic nitrogens is 3. The summed E-state index contributed by atoms with van der Waals surface area (Å²) in [6, 6.07) is 11.8. The Labute approximate surface area is 167 Å². The van der Waals surface area contributed by atoms with Crippen LogP contribution < -0.4 is 5.32 Å². The molecule has 1 atom stereocenters. The molecule has 4 rings (SSSR count). The number of carbonyl (C=O) groups is 1. The van der Waals surface area contributed by atoms with Crippen LogP contribution in [0, 0.1) is 6.92 Å². The lowest BCUT2D eigenvalue weighted by molar-refractivity contribution is -0.115. The number of hydrogen-bond donors (Lipinski definition) is 1. The molecule has 1 N–H and O–H groups in total. The third kappa shape index (κ3) is 3.38. The number of nitrogens with zero attached hydrogens (tertiary/aromatic N) is 3. The van der Waals surface area contributed by atoms with Crippen LogP contribution in [0.4, 0.5) is 5.69 Å². The van der Waals surface area contributed by atoms with Crippen molar-refractivity contribution in [2.75, 3.05) is 5.32 Å². The lowest BCUT2D eigenvalue weighted by Gasteiger charge is -2.16. The van der Waals surface area contributed by atoms with Gasteiger partial charge >= 0.3 is 0 Å². The van der Waals surface area contributed by atoms with Crippen molar-refractivity contribution in [2.45, 2.75) is 43.9 Å². The summed E-state index contributed by atoms with van der Waals surface area (Å²) < 4.78 is 7.68. The molecule has 144 valence electrons. The van der Waals surface area contributed by atoms with Crippen molar-refractivity contribution in [3.8, 4) is 0 Å². The number of nitrogens with one attached hydrogen (secondary N) is 1. The van der Waals surface area contributed by atoms with E-state index in [0.29, 0.717) is 6.42 Å². The standard InChI is InChI=1S/C21H22N4O2S/c1-4-14-8-6-7-9-15(14)23-20(26)19(5-2)28-21-17-11-18-16(10-13(3)27-18)25(17)12-22-24-21/h6-12,19H,4-5H2,1-3H3,(H,23,26)/t19-/m1/s1. The zero-order chi connectivity index (χ0) is 19.7. The van der Waals surface area contributed by atoms with Gasteiger partial charge in [0.25, 0.3) is 0 Å². The molecule has 0 unspecified atom stereocenters. The maximum absolute atomic E-state index is 12.9. The van der Waals surface area contributed by atoms with Crippen molar-refractivity contribution in [3.05, 3.63) is 54.0 Å². The predicted octanol–water partition coefficient (Wildman–Crippen LogP) is 4.86. The smallest absolute Gasteiger partial charge is 0.237 e. The van der Waals surface area contributed by atoms with Gasteiger partial charge in [-0.1, -0.05) is 43.8 Å². The van der Waals surface area contributed by atoms with E-state index in [1.54, 1.807) is 6.33 Å². The van der Waals surface area contributed by atoms with Gasteiger partial charge in [0.15, 0.2) is 5.58 Å². The second-order valence-electron chi connectivity index (χ2n) is 6.66. The maximum Gasteiger partial charge on any atom is 0.237 e. The second kappa shape index (κ2) is 7.67. The summed E-state index contributed by atoms with van der Waals surface area (Å²) in [4.78, 5) is 12.9. The van der Waals surface area contributed by atoms with Crippen LogP contribution in [-0.2, 0) is 11.2 Å². The summed E-state index contributed by atoms with van der Waals surface area (Å²) in [7, 11) is 0. The summed E-state index contributed by atoms with van der Waals surface area (Å²) in [5.74, 6) is 0.828. The summed E-state index contributed by atoms with van der Waals surface area (Å²) in [5.41, 5.74) is 4.64. The fourth-order valence-electron chi connectivity index (χ4n) is 3.31. The molecule has 1 amide bonds. The van der Waals surface area contributed by atoms with E-state index in [9.17, 15) is 4.79 Å². The normalized spacial score (nSPS) is 12.5. The van der Waals surface area contributed by atoms with Crippen LogP contribution >= 0.6 is 11.8 Å². The molecule has 0 fully saturated rings. The highest BCUT2D eigenvalue weighted by atomic mass is 32.2. The van der Waals surface area contributed by atoms with Crippen LogP contribution in [0.1, 0.15) is 31.6 Å². The van der Waals surface area contributed by atoms with E-state index in [-0.39, 0.29) is 11.2 Å². The summed E-state index contributed by atoms with van der Waals surface area (Å²) in [5, 5.41) is 11.9. The number of carbonyl (C=O) groups excluding carboxylic acids is 1. The number of furan rings is 1. The van der Waals surface area contributed by atoms with Crippen molar-refractivity contribution in [2.24, 2.45) is 0 Å². The Morgan fingerprint density at radius 2 is 2.07 bits per heavy atom. The molecule has 28 heavy (non-hydrogen) atoms. The van der Waals surface area contributed by atoms with Gasteiger partial charge in [-0.05, 0) is 31.4 Å². The molecular weight excluding hydrogens is 372 g/mol. The van der Waals surface area contributed by atoms with Crippen LogP contribution in [-0.4, -0.2) is 25.8 Å². The molecule has 3 heterocycles. The Balaban J connectivity index is 1.61. The molecule has 0 saturated carbocycles. The number of benzene rings is 1. The predicted molar refractivity (Wildman–Crippen MR) is 112 cm³/mol. The topological polar surface area (TPSA) is 72.4 Å². The Bertz CT molecular complexity index is 1150. The number of hydrogen-bond acceptors (Lipinski definition) is 5. The maximum atomic E-state index is 12.9. The monoisotopic (exact) mass is 394 g/mol. The van der Waals surface area contributed by atoms with Crippen molar-refractivity contribution in [1.29, 1.82) is 0 Å². The fraction of sp³-hybridized carbons (Fsp3) is 0.286. The van der Waals surface area contributed by atoms with Gasteiger partial charge in [-0.25, -0.2) is 0 Å². The van der Waals surface area contributed by atoms with Crippen LogP contribution in [0.2, 0.25) is 0 Å². The van der Waals surface area contributed by atoms with Gasteiger partial charge in [0, 0.05) is 17.8 Å². The van der Waals surface area contributed by atoms with Gasteiger partial charge in [-0.3, -0.25) is 9.20 Å². The number of anilines is 1. The van der Waals surface area contributed by atoms with Gasteiger partial charge in [0.1, 0.15) is 17.1 Å². The summed E-state index contributed by atoms with van der Waals surface area (Å²) in [6.07, 6.45) is 3.23. The third-order valence-electron chi connectivity index (χ3n) is 4.76. The molecule has 1 aromatic carbocycles. The first-order valence-corrected chi connectivity index (χ1v) is 10.3. The lowest BCUT2D eigenvalue weighted by Crippen LogP contribution is -2.25. The van der Waals surface area contributed by atoms with Gasteiger partial charge in [-0.15, -0.1) is 10.2 Å². The third-order valence-corrected chi connectivity index (χ3v) is 6.10. The van der Waals surface area contributed by atoms with Gasteiger partial charge < -0.3 is 9.73 Å². The lowest BCUT2D eigenvalue weighted by atomic mass is 10.1. The van der Waals surface area contributed by atoms with E-state index in [0.717, 1.165) is 45.1 Å². The number of rotatable bonds is 6. The number of fused-ring (bicyclic) bond motifs is 3. The number of aryl methyl sites for hydroxylation is 2. The van der Waals surface area contributed by atoms with Crippen LogP contribution in [0.5, 0.6) is 0 Å². The SMILES string of the molecule is CCc1ccccc1NC(=O)[C@@H](CC)Sc1nncn2c1cc1oc(C)cc12. The fourth-order valence-corrected chi connectivity index (χ4v) is 4.28. The second-order valence-corrected chi connectivity index (χ2v) is 7.85.